The first-order valence-electron chi connectivity index (χ1n) is 3.85. The van der Waals surface area contributed by atoms with Crippen molar-refractivity contribution in [3.63, 3.8) is 0 Å². The third-order valence-electron chi connectivity index (χ3n) is 1.92. The highest BCUT2D eigenvalue weighted by Gasteiger charge is 2.36. The van der Waals surface area contributed by atoms with Crippen LogP contribution in [0.4, 0.5) is 0 Å². The Hall–Kier alpha value is 0.617. The molecule has 0 radical (unpaired) electrons. The normalized spacial score (nSPS) is 15.0. The first-order chi connectivity index (χ1) is 5.10. The minimum atomic E-state index is -1.91. The van der Waals surface area contributed by atoms with Gasteiger partial charge in [0.1, 0.15) is 0 Å². The van der Waals surface area contributed by atoms with E-state index in [9.17, 15) is 0 Å². The lowest BCUT2D eigenvalue weighted by Crippen LogP contribution is -2.46. The number of halogens is 1. The highest BCUT2D eigenvalue weighted by Crippen LogP contribution is 2.22. The highest BCUT2D eigenvalue weighted by molar-refractivity contribution is 9.10. The van der Waals surface area contributed by atoms with Crippen LogP contribution in [0.3, 0.4) is 0 Å². The molecule has 0 aliphatic carbocycles. The first kappa shape index (κ1) is 11.6. The molecule has 0 aromatic carbocycles. The Kier molecular flexibility index (Phi) is 5.59. The highest BCUT2D eigenvalue weighted by atomic mass is 79.9. The van der Waals surface area contributed by atoms with Gasteiger partial charge in [-0.15, -0.1) is 0 Å². The Labute approximate surface area is 78.7 Å². The van der Waals surface area contributed by atoms with E-state index in [1.807, 2.05) is 0 Å². The van der Waals surface area contributed by atoms with E-state index in [1.165, 1.54) is 0 Å². The van der Waals surface area contributed by atoms with Crippen LogP contribution in [0.15, 0.2) is 0 Å². The fourth-order valence-corrected chi connectivity index (χ4v) is 3.93. The summed E-state index contributed by atoms with van der Waals surface area (Å²) in [6, 6.07) is 0. The lowest BCUT2D eigenvalue weighted by molar-refractivity contribution is 0.246. The summed E-state index contributed by atoms with van der Waals surface area (Å²) in [6.07, 6.45) is 2.27. The SMILES string of the molecule is CCCC(Br)[Si](C)(OC)OC. The topological polar surface area (TPSA) is 18.5 Å². The van der Waals surface area contributed by atoms with Crippen molar-refractivity contribution in [3.05, 3.63) is 0 Å². The summed E-state index contributed by atoms with van der Waals surface area (Å²) < 4.78 is 11.1. The third-order valence-corrected chi connectivity index (χ3v) is 7.92. The molecule has 0 aliphatic heterocycles. The van der Waals surface area contributed by atoms with Gasteiger partial charge in [0.15, 0.2) is 0 Å². The molecule has 11 heavy (non-hydrogen) atoms. The molecule has 0 rings (SSSR count). The van der Waals surface area contributed by atoms with Crippen LogP contribution in [0.5, 0.6) is 0 Å². The summed E-state index contributed by atoms with van der Waals surface area (Å²) in [5.41, 5.74) is 0. The molecule has 0 fully saturated rings. The van der Waals surface area contributed by atoms with Crippen LogP contribution in [0.25, 0.3) is 0 Å². The largest absolute Gasteiger partial charge is 0.397 e. The van der Waals surface area contributed by atoms with Crippen LogP contribution in [0.2, 0.25) is 6.55 Å². The van der Waals surface area contributed by atoms with E-state index in [-0.39, 0.29) is 0 Å². The zero-order valence-electron chi connectivity index (χ0n) is 7.69. The van der Waals surface area contributed by atoms with E-state index < -0.39 is 8.56 Å². The van der Waals surface area contributed by atoms with Gasteiger partial charge in [-0.05, 0) is 13.0 Å². The van der Waals surface area contributed by atoms with Gasteiger partial charge in [0, 0.05) is 14.2 Å². The molecular formula is C7H17BrO2Si. The molecule has 0 aromatic heterocycles. The zero-order valence-corrected chi connectivity index (χ0v) is 10.3. The van der Waals surface area contributed by atoms with Crippen molar-refractivity contribution in [2.24, 2.45) is 0 Å². The maximum atomic E-state index is 5.37. The lowest BCUT2D eigenvalue weighted by Gasteiger charge is -2.27. The number of alkyl halides is 1. The van der Waals surface area contributed by atoms with E-state index in [0.29, 0.717) is 4.45 Å². The Morgan fingerprint density at radius 1 is 1.36 bits per heavy atom. The van der Waals surface area contributed by atoms with Crippen LogP contribution in [0, 0.1) is 0 Å². The van der Waals surface area contributed by atoms with E-state index in [1.54, 1.807) is 14.2 Å². The molecule has 0 spiro atoms. The van der Waals surface area contributed by atoms with Gasteiger partial charge in [-0.25, -0.2) is 0 Å². The Morgan fingerprint density at radius 2 is 1.82 bits per heavy atom. The maximum absolute atomic E-state index is 5.37. The summed E-state index contributed by atoms with van der Waals surface area (Å²) in [4.78, 5) is 0. The lowest BCUT2D eigenvalue weighted by atomic mass is 10.4. The molecule has 0 aliphatic rings. The van der Waals surface area contributed by atoms with Gasteiger partial charge in [0.2, 0.25) is 0 Å². The summed E-state index contributed by atoms with van der Waals surface area (Å²) in [6.45, 7) is 4.23. The second-order valence-electron chi connectivity index (χ2n) is 2.68. The quantitative estimate of drug-likeness (QED) is 0.543. The van der Waals surface area contributed by atoms with Crippen molar-refractivity contribution in [3.8, 4) is 0 Å². The van der Waals surface area contributed by atoms with Crippen molar-refractivity contribution < 1.29 is 8.85 Å². The second-order valence-corrected chi connectivity index (χ2v) is 8.18. The van der Waals surface area contributed by atoms with Gasteiger partial charge < -0.3 is 8.85 Å². The Balaban J connectivity index is 4.00. The zero-order chi connectivity index (χ0) is 8.91. The molecule has 2 nitrogen and oxygen atoms in total. The predicted molar refractivity (Wildman–Crippen MR) is 53.3 cm³/mol. The summed E-state index contributed by atoms with van der Waals surface area (Å²) in [7, 11) is 1.54. The maximum Gasteiger partial charge on any atom is 0.348 e. The molecule has 1 unspecified atom stereocenters. The molecule has 0 saturated carbocycles. The molecule has 68 valence electrons. The van der Waals surface area contributed by atoms with E-state index in [0.717, 1.165) is 12.8 Å². The summed E-state index contributed by atoms with van der Waals surface area (Å²) >= 11 is 3.59. The van der Waals surface area contributed by atoms with Crippen LogP contribution < -0.4 is 0 Å². The fourth-order valence-electron chi connectivity index (χ4n) is 0.855. The van der Waals surface area contributed by atoms with Gasteiger partial charge in [-0.3, -0.25) is 0 Å². The molecule has 0 bridgehead atoms. The Morgan fingerprint density at radius 3 is 2.09 bits per heavy atom. The van der Waals surface area contributed by atoms with Gasteiger partial charge in [-0.2, -0.15) is 0 Å². The van der Waals surface area contributed by atoms with Crippen molar-refractivity contribution in [2.45, 2.75) is 30.8 Å². The van der Waals surface area contributed by atoms with Crippen molar-refractivity contribution in [2.75, 3.05) is 14.2 Å². The van der Waals surface area contributed by atoms with E-state index >= 15 is 0 Å². The van der Waals surface area contributed by atoms with Gasteiger partial charge in [0.25, 0.3) is 0 Å². The predicted octanol–water partition coefficient (Wildman–Crippen LogP) is 2.45. The van der Waals surface area contributed by atoms with Crippen molar-refractivity contribution >= 4 is 24.5 Å². The molecular weight excluding hydrogens is 224 g/mol. The van der Waals surface area contributed by atoms with Crippen molar-refractivity contribution in [1.82, 2.24) is 0 Å². The van der Waals surface area contributed by atoms with Crippen LogP contribution in [-0.4, -0.2) is 27.2 Å². The van der Waals surface area contributed by atoms with Crippen molar-refractivity contribution in [1.29, 1.82) is 0 Å². The fraction of sp³-hybridized carbons (Fsp3) is 1.00. The molecule has 0 aromatic rings. The third kappa shape index (κ3) is 3.23. The number of hydrogen-bond acceptors (Lipinski definition) is 2. The molecule has 1 atom stereocenters. The molecule has 0 amide bonds. The average Bonchev–Trinajstić information content (AvgIpc) is 2.03. The minimum Gasteiger partial charge on any atom is -0.397 e. The molecule has 0 saturated heterocycles. The Bertz CT molecular complexity index is 107. The van der Waals surface area contributed by atoms with E-state index in [2.05, 4.69) is 29.4 Å². The van der Waals surface area contributed by atoms with Gasteiger partial charge in [-0.1, -0.05) is 29.3 Å². The van der Waals surface area contributed by atoms with Gasteiger partial charge in [0.05, 0.1) is 4.45 Å². The van der Waals surface area contributed by atoms with Crippen LogP contribution in [-0.2, 0) is 8.85 Å². The van der Waals surface area contributed by atoms with Crippen LogP contribution >= 0.6 is 15.9 Å². The second kappa shape index (κ2) is 5.30. The number of rotatable bonds is 5. The monoisotopic (exact) mass is 240 g/mol. The smallest absolute Gasteiger partial charge is 0.348 e. The molecule has 4 heteroatoms. The standard InChI is InChI=1S/C7H17BrO2Si/c1-5-6-7(8)11(4,9-2)10-3/h7H,5-6H2,1-4H3. The van der Waals surface area contributed by atoms with E-state index in [4.69, 9.17) is 8.85 Å². The molecule has 0 heterocycles. The number of hydrogen-bond donors (Lipinski definition) is 0. The average molecular weight is 241 g/mol. The van der Waals surface area contributed by atoms with Crippen LogP contribution in [0.1, 0.15) is 19.8 Å². The first-order valence-corrected chi connectivity index (χ1v) is 7.16. The summed E-state index contributed by atoms with van der Waals surface area (Å²) in [5, 5.41) is 0. The molecule has 0 N–H and O–H groups in total. The summed E-state index contributed by atoms with van der Waals surface area (Å²) in [5.74, 6) is 0. The van der Waals surface area contributed by atoms with Gasteiger partial charge >= 0.3 is 8.56 Å². The minimum absolute atomic E-state index is 0.398.